The van der Waals surface area contributed by atoms with Crippen molar-refractivity contribution >= 4 is 0 Å². The number of hydrogen-bond acceptors (Lipinski definition) is 1. The molecule has 0 spiro atoms. The van der Waals surface area contributed by atoms with E-state index in [1.165, 1.54) is 56.2 Å². The molecule has 2 saturated carbocycles. The highest BCUT2D eigenvalue weighted by Gasteiger charge is 2.36. The quantitative estimate of drug-likeness (QED) is 0.343. The van der Waals surface area contributed by atoms with Crippen molar-refractivity contribution in [3.8, 4) is 0 Å². The normalized spacial score (nSPS) is 25.5. The molecule has 0 bridgehead atoms. The van der Waals surface area contributed by atoms with Crippen molar-refractivity contribution in [3.63, 3.8) is 0 Å². The van der Waals surface area contributed by atoms with Crippen LogP contribution in [0.4, 0.5) is 13.2 Å². The molecule has 0 saturated heterocycles. The van der Waals surface area contributed by atoms with Crippen LogP contribution in [0, 0.1) is 17.7 Å². The van der Waals surface area contributed by atoms with Gasteiger partial charge < -0.3 is 4.74 Å². The van der Waals surface area contributed by atoms with Gasteiger partial charge in [-0.2, -0.15) is 8.78 Å². The molecule has 2 aliphatic carbocycles. The minimum atomic E-state index is -3.64. The highest BCUT2D eigenvalue weighted by atomic mass is 19.3. The van der Waals surface area contributed by atoms with E-state index in [1.807, 2.05) is 12.1 Å². The monoisotopic (exact) mass is 486 g/mol. The van der Waals surface area contributed by atoms with Crippen LogP contribution in [-0.4, -0.2) is 6.61 Å². The van der Waals surface area contributed by atoms with Gasteiger partial charge in [0, 0.05) is 0 Å². The van der Waals surface area contributed by atoms with Crippen LogP contribution >= 0.6 is 0 Å². The molecule has 4 heteroatoms. The van der Waals surface area contributed by atoms with Crippen molar-refractivity contribution in [2.24, 2.45) is 11.8 Å². The van der Waals surface area contributed by atoms with Crippen LogP contribution in [0.5, 0.6) is 0 Å². The zero-order chi connectivity index (χ0) is 24.8. The van der Waals surface area contributed by atoms with E-state index >= 15 is 0 Å². The largest absolute Gasteiger partial charge is 0.386 e. The highest BCUT2D eigenvalue weighted by molar-refractivity contribution is 5.29. The van der Waals surface area contributed by atoms with Crippen LogP contribution in [0.25, 0.3) is 0 Å². The molecule has 1 nitrogen and oxygen atoms in total. The Kier molecular flexibility index (Phi) is 8.97. The second-order valence-electron chi connectivity index (χ2n) is 11.1. The molecule has 0 aliphatic heterocycles. The Bertz CT molecular complexity index is 923. The zero-order valence-corrected chi connectivity index (χ0v) is 21.4. The molecule has 0 unspecified atom stereocenters. The lowest BCUT2D eigenvalue weighted by Gasteiger charge is -2.28. The van der Waals surface area contributed by atoms with Gasteiger partial charge in [-0.05, 0) is 97.4 Å². The maximum atomic E-state index is 14.7. The van der Waals surface area contributed by atoms with Crippen molar-refractivity contribution in [2.45, 2.75) is 102 Å². The van der Waals surface area contributed by atoms with E-state index in [2.05, 4.69) is 26.0 Å². The predicted molar refractivity (Wildman–Crippen MR) is 136 cm³/mol. The molecule has 4 rings (SSSR count). The number of benzene rings is 2. The van der Waals surface area contributed by atoms with E-state index in [0.29, 0.717) is 18.3 Å². The summed E-state index contributed by atoms with van der Waals surface area (Å²) in [4.78, 5) is 0. The highest BCUT2D eigenvalue weighted by Crippen LogP contribution is 2.39. The number of alkyl halides is 2. The fourth-order valence-corrected chi connectivity index (χ4v) is 6.14. The molecule has 2 aliphatic rings. The Morgan fingerprint density at radius 3 is 2.06 bits per heavy atom. The summed E-state index contributed by atoms with van der Waals surface area (Å²) in [6.45, 7) is 4.33. The van der Waals surface area contributed by atoms with E-state index in [-0.39, 0.29) is 12.5 Å². The lowest BCUT2D eigenvalue weighted by atomic mass is 9.77. The standard InChI is InChI=1S/C31H41F3O/c1-3-4-23-7-13-25(14-8-23)26-15-9-24(10-16-26)19-20-35-31(33,34)29-18-17-28(21-30(29)32)27-11-5-22(2)6-12-27/h9-10,15-18,21-23,25,27H,3-8,11-14,19-20H2,1-2H3. The van der Waals surface area contributed by atoms with E-state index in [9.17, 15) is 13.2 Å². The van der Waals surface area contributed by atoms with Crippen LogP contribution in [0.1, 0.15) is 112 Å². The van der Waals surface area contributed by atoms with Gasteiger partial charge in [-0.25, -0.2) is 4.39 Å². The SMILES string of the molecule is CCCC1CCC(c2ccc(CCOC(F)(F)c3ccc(C4CCC(C)CC4)cc3F)cc2)CC1. The predicted octanol–water partition coefficient (Wildman–Crippen LogP) is 9.50. The molecule has 0 atom stereocenters. The van der Waals surface area contributed by atoms with Crippen LogP contribution in [0.2, 0.25) is 0 Å². The Morgan fingerprint density at radius 2 is 1.43 bits per heavy atom. The smallest absolute Gasteiger partial charge is 0.316 e. The zero-order valence-electron chi connectivity index (χ0n) is 21.4. The third-order valence-corrected chi connectivity index (χ3v) is 8.46. The van der Waals surface area contributed by atoms with Crippen LogP contribution in [0.15, 0.2) is 42.5 Å². The average molecular weight is 487 g/mol. The minimum absolute atomic E-state index is 0.157. The van der Waals surface area contributed by atoms with Crippen molar-refractivity contribution in [2.75, 3.05) is 6.61 Å². The van der Waals surface area contributed by atoms with Crippen LogP contribution < -0.4 is 0 Å². The first-order valence-corrected chi connectivity index (χ1v) is 13.8. The maximum Gasteiger partial charge on any atom is 0.386 e. The number of ether oxygens (including phenoxy) is 1. The molecule has 0 radical (unpaired) electrons. The lowest BCUT2D eigenvalue weighted by molar-refractivity contribution is -0.249. The fourth-order valence-electron chi connectivity index (χ4n) is 6.14. The molecule has 35 heavy (non-hydrogen) atoms. The van der Waals surface area contributed by atoms with Gasteiger partial charge in [0.05, 0.1) is 12.2 Å². The first-order chi connectivity index (χ1) is 16.9. The Morgan fingerprint density at radius 1 is 0.829 bits per heavy atom. The van der Waals surface area contributed by atoms with Gasteiger partial charge >= 0.3 is 6.11 Å². The summed E-state index contributed by atoms with van der Waals surface area (Å²) < 4.78 is 48.9. The summed E-state index contributed by atoms with van der Waals surface area (Å²) in [7, 11) is 0. The lowest BCUT2D eigenvalue weighted by Crippen LogP contribution is -2.22. The molecule has 192 valence electrons. The number of hydrogen-bond donors (Lipinski definition) is 0. The van der Waals surface area contributed by atoms with Gasteiger partial charge in [-0.3, -0.25) is 0 Å². The van der Waals surface area contributed by atoms with Gasteiger partial charge in [0.25, 0.3) is 0 Å². The molecule has 0 amide bonds. The third-order valence-electron chi connectivity index (χ3n) is 8.46. The average Bonchev–Trinajstić information content (AvgIpc) is 2.85. The van der Waals surface area contributed by atoms with E-state index in [1.54, 1.807) is 6.07 Å². The maximum absolute atomic E-state index is 14.7. The van der Waals surface area contributed by atoms with Gasteiger partial charge in [0.2, 0.25) is 0 Å². The summed E-state index contributed by atoms with van der Waals surface area (Å²) in [6.07, 6.45) is 8.63. The summed E-state index contributed by atoms with van der Waals surface area (Å²) >= 11 is 0. The third kappa shape index (κ3) is 6.90. The Labute approximate surface area is 209 Å². The fraction of sp³-hybridized carbons (Fsp3) is 0.613. The summed E-state index contributed by atoms with van der Waals surface area (Å²) in [5, 5.41) is 0. The van der Waals surface area contributed by atoms with Crippen molar-refractivity contribution in [1.29, 1.82) is 0 Å². The van der Waals surface area contributed by atoms with Crippen LogP contribution in [-0.2, 0) is 17.3 Å². The molecule has 0 N–H and O–H groups in total. The Balaban J connectivity index is 1.27. The van der Waals surface area contributed by atoms with E-state index in [0.717, 1.165) is 42.7 Å². The van der Waals surface area contributed by atoms with E-state index < -0.39 is 17.5 Å². The second kappa shape index (κ2) is 12.0. The Hall–Kier alpha value is -1.81. The van der Waals surface area contributed by atoms with Gasteiger partial charge in [-0.1, -0.05) is 69.9 Å². The van der Waals surface area contributed by atoms with Gasteiger partial charge in [-0.15, -0.1) is 0 Å². The molecule has 2 aromatic rings. The van der Waals surface area contributed by atoms with Gasteiger partial charge in [0.1, 0.15) is 5.82 Å². The van der Waals surface area contributed by atoms with E-state index in [4.69, 9.17) is 4.74 Å². The van der Waals surface area contributed by atoms with Crippen molar-refractivity contribution in [1.82, 2.24) is 0 Å². The second-order valence-corrected chi connectivity index (χ2v) is 11.1. The first kappa shape index (κ1) is 26.3. The summed E-state index contributed by atoms with van der Waals surface area (Å²) in [6, 6.07) is 12.5. The minimum Gasteiger partial charge on any atom is -0.316 e. The molecule has 2 fully saturated rings. The van der Waals surface area contributed by atoms with Crippen molar-refractivity contribution < 1.29 is 17.9 Å². The summed E-state index contributed by atoms with van der Waals surface area (Å²) in [5.74, 6) is 1.57. The summed E-state index contributed by atoms with van der Waals surface area (Å²) in [5.41, 5.74) is 2.48. The first-order valence-electron chi connectivity index (χ1n) is 13.8. The molecular weight excluding hydrogens is 445 g/mol. The molecule has 0 heterocycles. The molecular formula is C31H41F3O. The number of halogens is 3. The van der Waals surface area contributed by atoms with Gasteiger partial charge in [0.15, 0.2) is 0 Å². The molecule has 2 aromatic carbocycles. The molecule has 0 aromatic heterocycles. The van der Waals surface area contributed by atoms with Crippen molar-refractivity contribution in [3.05, 3.63) is 70.5 Å². The topological polar surface area (TPSA) is 9.23 Å². The number of rotatable bonds is 9. The van der Waals surface area contributed by atoms with Crippen LogP contribution in [0.3, 0.4) is 0 Å².